The lowest BCUT2D eigenvalue weighted by atomic mass is 10.2. The summed E-state index contributed by atoms with van der Waals surface area (Å²) in [6.45, 7) is 2.33. The molecule has 3 rings (SSSR count). The number of sulfonamides is 1. The van der Waals surface area contributed by atoms with Gasteiger partial charge in [0.1, 0.15) is 0 Å². The Bertz CT molecular complexity index is 922. The van der Waals surface area contributed by atoms with Crippen LogP contribution < -0.4 is 15.4 Å². The average molecular weight is 388 g/mol. The predicted octanol–water partition coefficient (Wildman–Crippen LogP) is 2.29. The molecule has 144 valence electrons. The molecule has 0 bridgehead atoms. The largest absolute Gasteiger partial charge is 0.350 e. The van der Waals surface area contributed by atoms with Crippen molar-refractivity contribution in [1.29, 1.82) is 0 Å². The maximum absolute atomic E-state index is 12.9. The summed E-state index contributed by atoms with van der Waals surface area (Å²) >= 11 is 0. The number of amides is 1. The summed E-state index contributed by atoms with van der Waals surface area (Å²) in [5, 5.41) is 2.79. The molecule has 1 unspecified atom stereocenters. The third kappa shape index (κ3) is 4.48. The van der Waals surface area contributed by atoms with Gasteiger partial charge in [-0.3, -0.25) is 9.10 Å². The van der Waals surface area contributed by atoms with E-state index in [1.54, 1.807) is 24.3 Å². The molecule has 0 saturated heterocycles. The normalized spacial score (nSPS) is 15.2. The zero-order valence-electron chi connectivity index (χ0n) is 15.6. The van der Waals surface area contributed by atoms with Gasteiger partial charge >= 0.3 is 0 Å². The highest BCUT2D eigenvalue weighted by Crippen LogP contribution is 2.31. The molecule has 7 heteroatoms. The van der Waals surface area contributed by atoms with Gasteiger partial charge in [0.15, 0.2) is 0 Å². The number of benzene rings is 2. The SMILES string of the molecule is Cc1ccc(N(C)S(=O)(=O)c2cccc(C(=O)NCC(N)C3CC3)c2)cc1. The Morgan fingerprint density at radius 2 is 1.89 bits per heavy atom. The maximum Gasteiger partial charge on any atom is 0.264 e. The van der Waals surface area contributed by atoms with E-state index in [1.165, 1.54) is 23.5 Å². The van der Waals surface area contributed by atoms with E-state index < -0.39 is 10.0 Å². The molecule has 2 aromatic rings. The van der Waals surface area contributed by atoms with Crippen LogP contribution in [0.15, 0.2) is 53.4 Å². The summed E-state index contributed by atoms with van der Waals surface area (Å²) in [4.78, 5) is 12.4. The van der Waals surface area contributed by atoms with Crippen LogP contribution in [-0.2, 0) is 10.0 Å². The van der Waals surface area contributed by atoms with Crippen LogP contribution in [-0.4, -0.2) is 34.0 Å². The first-order valence-corrected chi connectivity index (χ1v) is 10.4. The van der Waals surface area contributed by atoms with Crippen LogP contribution in [0.5, 0.6) is 0 Å². The lowest BCUT2D eigenvalue weighted by Gasteiger charge is -2.20. The van der Waals surface area contributed by atoms with E-state index >= 15 is 0 Å². The Labute approximate surface area is 160 Å². The molecule has 27 heavy (non-hydrogen) atoms. The van der Waals surface area contributed by atoms with E-state index in [-0.39, 0.29) is 16.8 Å². The van der Waals surface area contributed by atoms with E-state index in [0.717, 1.165) is 18.4 Å². The van der Waals surface area contributed by atoms with Crippen LogP contribution in [0.25, 0.3) is 0 Å². The first-order chi connectivity index (χ1) is 12.8. The van der Waals surface area contributed by atoms with Gasteiger partial charge < -0.3 is 11.1 Å². The molecular formula is C20H25N3O3S. The number of carbonyl (C=O) groups is 1. The van der Waals surface area contributed by atoms with Crippen molar-refractivity contribution in [1.82, 2.24) is 5.32 Å². The summed E-state index contributed by atoms with van der Waals surface area (Å²) in [7, 11) is -2.27. The third-order valence-corrected chi connectivity index (χ3v) is 6.66. The van der Waals surface area contributed by atoms with Gasteiger partial charge in [0, 0.05) is 25.2 Å². The van der Waals surface area contributed by atoms with Gasteiger partial charge in [0.25, 0.3) is 15.9 Å². The fourth-order valence-corrected chi connectivity index (χ4v) is 4.09. The lowest BCUT2D eigenvalue weighted by molar-refractivity contribution is 0.0950. The van der Waals surface area contributed by atoms with Crippen LogP contribution in [0.1, 0.15) is 28.8 Å². The van der Waals surface area contributed by atoms with Crippen LogP contribution in [0.3, 0.4) is 0 Å². The average Bonchev–Trinajstić information content (AvgIpc) is 3.51. The molecule has 0 radical (unpaired) electrons. The highest BCUT2D eigenvalue weighted by molar-refractivity contribution is 7.92. The topological polar surface area (TPSA) is 92.5 Å². The Morgan fingerprint density at radius 3 is 2.52 bits per heavy atom. The Kier molecular flexibility index (Phi) is 5.53. The van der Waals surface area contributed by atoms with E-state index in [4.69, 9.17) is 5.73 Å². The fourth-order valence-electron chi connectivity index (χ4n) is 2.85. The van der Waals surface area contributed by atoms with E-state index in [1.807, 2.05) is 19.1 Å². The molecule has 0 aliphatic heterocycles. The Hall–Kier alpha value is -2.38. The van der Waals surface area contributed by atoms with Gasteiger partial charge in [-0.1, -0.05) is 23.8 Å². The highest BCUT2D eigenvalue weighted by atomic mass is 32.2. The lowest BCUT2D eigenvalue weighted by Crippen LogP contribution is -2.38. The first kappa shape index (κ1) is 19.4. The summed E-state index contributed by atoms with van der Waals surface area (Å²) in [5.74, 6) is 0.168. The van der Waals surface area contributed by atoms with E-state index in [2.05, 4.69) is 5.32 Å². The molecule has 0 heterocycles. The molecule has 1 saturated carbocycles. The second-order valence-electron chi connectivity index (χ2n) is 7.05. The summed E-state index contributed by atoms with van der Waals surface area (Å²) in [6, 6.07) is 13.2. The number of nitrogens with one attached hydrogen (secondary N) is 1. The summed E-state index contributed by atoms with van der Waals surface area (Å²) in [6.07, 6.45) is 2.21. The van der Waals surface area contributed by atoms with Gasteiger partial charge in [0.05, 0.1) is 10.6 Å². The number of nitrogens with zero attached hydrogens (tertiary/aromatic N) is 1. The third-order valence-electron chi connectivity index (χ3n) is 4.88. The Balaban J connectivity index is 1.76. The van der Waals surface area contributed by atoms with Crippen molar-refractivity contribution in [3.05, 3.63) is 59.7 Å². The van der Waals surface area contributed by atoms with Gasteiger partial charge in [-0.05, 0) is 56.0 Å². The van der Waals surface area contributed by atoms with E-state index in [0.29, 0.717) is 23.7 Å². The maximum atomic E-state index is 12.9. The van der Waals surface area contributed by atoms with Crippen molar-refractivity contribution < 1.29 is 13.2 Å². The minimum absolute atomic E-state index is 0.0477. The van der Waals surface area contributed by atoms with Crippen molar-refractivity contribution >= 4 is 21.6 Å². The quantitative estimate of drug-likeness (QED) is 0.762. The molecule has 1 aliphatic rings. The summed E-state index contributed by atoms with van der Waals surface area (Å²) in [5.41, 5.74) is 7.91. The first-order valence-electron chi connectivity index (χ1n) is 8.98. The zero-order chi connectivity index (χ0) is 19.6. The number of hydrogen-bond acceptors (Lipinski definition) is 4. The summed E-state index contributed by atoms with van der Waals surface area (Å²) < 4.78 is 27.1. The molecule has 3 N–H and O–H groups in total. The second kappa shape index (κ2) is 7.70. The van der Waals surface area contributed by atoms with Gasteiger partial charge in [0.2, 0.25) is 0 Å². The van der Waals surface area contributed by atoms with Gasteiger partial charge in [-0.15, -0.1) is 0 Å². The minimum atomic E-state index is -3.77. The number of hydrogen-bond donors (Lipinski definition) is 2. The van der Waals surface area contributed by atoms with Crippen molar-refractivity contribution in [3.8, 4) is 0 Å². The van der Waals surface area contributed by atoms with E-state index in [9.17, 15) is 13.2 Å². The van der Waals surface area contributed by atoms with Crippen LogP contribution >= 0.6 is 0 Å². The molecule has 1 fully saturated rings. The van der Waals surface area contributed by atoms with Crippen LogP contribution in [0.4, 0.5) is 5.69 Å². The number of carbonyl (C=O) groups excluding carboxylic acids is 1. The highest BCUT2D eigenvalue weighted by Gasteiger charge is 2.28. The minimum Gasteiger partial charge on any atom is -0.350 e. The molecule has 1 atom stereocenters. The Morgan fingerprint density at radius 1 is 1.22 bits per heavy atom. The molecular weight excluding hydrogens is 362 g/mol. The van der Waals surface area contributed by atoms with Crippen molar-refractivity contribution in [2.24, 2.45) is 11.7 Å². The predicted molar refractivity (Wildman–Crippen MR) is 106 cm³/mol. The molecule has 0 spiro atoms. The number of rotatable bonds is 7. The zero-order valence-corrected chi connectivity index (χ0v) is 16.4. The van der Waals surface area contributed by atoms with Crippen molar-refractivity contribution in [3.63, 3.8) is 0 Å². The standard InChI is InChI=1S/C20H25N3O3S/c1-14-6-10-17(11-7-14)23(2)27(25,26)18-5-3-4-16(12-18)20(24)22-13-19(21)15-8-9-15/h3-7,10-12,15,19H,8-9,13,21H2,1-2H3,(H,22,24). The smallest absolute Gasteiger partial charge is 0.264 e. The monoisotopic (exact) mass is 387 g/mol. The van der Waals surface area contributed by atoms with Gasteiger partial charge in [-0.25, -0.2) is 8.42 Å². The number of aryl methyl sites for hydroxylation is 1. The molecule has 1 aliphatic carbocycles. The van der Waals surface area contributed by atoms with Crippen molar-refractivity contribution in [2.75, 3.05) is 17.9 Å². The molecule has 0 aromatic heterocycles. The van der Waals surface area contributed by atoms with Gasteiger partial charge in [-0.2, -0.15) is 0 Å². The molecule has 2 aromatic carbocycles. The van der Waals surface area contributed by atoms with Crippen molar-refractivity contribution in [2.45, 2.75) is 30.7 Å². The molecule has 6 nitrogen and oxygen atoms in total. The fraction of sp³-hybridized carbons (Fsp3) is 0.350. The molecule has 1 amide bonds. The van der Waals surface area contributed by atoms with Crippen LogP contribution in [0.2, 0.25) is 0 Å². The van der Waals surface area contributed by atoms with Crippen LogP contribution in [0, 0.1) is 12.8 Å². The number of anilines is 1. The second-order valence-corrected chi connectivity index (χ2v) is 9.02. The number of nitrogens with two attached hydrogens (primary N) is 1.